The molecule has 1 aromatic rings. The molecule has 1 atom stereocenters. The van der Waals surface area contributed by atoms with Crippen LogP contribution in [-0.2, 0) is 9.53 Å². The van der Waals surface area contributed by atoms with Crippen LogP contribution in [0.1, 0.15) is 71.3 Å². The molecule has 1 aliphatic carbocycles. The van der Waals surface area contributed by atoms with Crippen LogP contribution in [0.2, 0.25) is 0 Å². The molecule has 2 heterocycles. The maximum absolute atomic E-state index is 13.1. The van der Waals surface area contributed by atoms with Gasteiger partial charge in [-0.2, -0.15) is 0 Å². The lowest BCUT2D eigenvalue weighted by Crippen LogP contribution is -2.46. The van der Waals surface area contributed by atoms with Crippen LogP contribution in [0.4, 0.5) is 10.6 Å². The van der Waals surface area contributed by atoms with Crippen molar-refractivity contribution in [2.24, 2.45) is 0 Å². The Bertz CT molecular complexity index is 777. The summed E-state index contributed by atoms with van der Waals surface area (Å²) >= 11 is 0. The number of carbonyl (C=O) groups excluding carboxylic acids is 1. The van der Waals surface area contributed by atoms with Crippen molar-refractivity contribution in [2.75, 3.05) is 18.0 Å². The summed E-state index contributed by atoms with van der Waals surface area (Å²) in [4.78, 5) is 32.6. The minimum absolute atomic E-state index is 0.00557. The molecule has 1 saturated heterocycles. The van der Waals surface area contributed by atoms with E-state index in [9.17, 15) is 9.59 Å². The van der Waals surface area contributed by atoms with E-state index in [1.807, 2.05) is 20.8 Å². The average molecular weight is 430 g/mol. The van der Waals surface area contributed by atoms with Crippen LogP contribution in [-0.4, -0.2) is 57.8 Å². The summed E-state index contributed by atoms with van der Waals surface area (Å²) in [5.74, 6) is -0.474. The SMILES string of the molecule is CC(C)(C)OC(=O)N(c1ccc(/C=C/C(=O)O)cn1)[C@@H]1CCN(C2CCCCCC2)C1. The van der Waals surface area contributed by atoms with Gasteiger partial charge in [0.05, 0.1) is 6.04 Å². The van der Waals surface area contributed by atoms with Gasteiger partial charge in [-0.25, -0.2) is 14.6 Å². The summed E-state index contributed by atoms with van der Waals surface area (Å²) in [7, 11) is 0. The lowest BCUT2D eigenvalue weighted by molar-refractivity contribution is -0.131. The van der Waals surface area contributed by atoms with Crippen LogP contribution < -0.4 is 4.90 Å². The number of aliphatic carboxylic acids is 1. The number of aromatic nitrogens is 1. The van der Waals surface area contributed by atoms with Crippen molar-refractivity contribution in [3.05, 3.63) is 30.0 Å². The predicted molar refractivity (Wildman–Crippen MR) is 121 cm³/mol. The molecule has 1 aliphatic heterocycles. The summed E-state index contributed by atoms with van der Waals surface area (Å²) in [5, 5.41) is 8.81. The van der Waals surface area contributed by atoms with Gasteiger partial charge in [-0.05, 0) is 63.8 Å². The number of anilines is 1. The second-order valence-electron chi connectivity index (χ2n) is 9.55. The normalized spacial score (nSPS) is 21.2. The highest BCUT2D eigenvalue weighted by atomic mass is 16.6. The predicted octanol–water partition coefficient (Wildman–Crippen LogP) is 4.72. The standard InChI is InChI=1S/C24H35N3O4/c1-24(2,3)31-23(30)27(21-12-10-18(16-25-21)11-13-22(28)29)20-14-15-26(17-20)19-8-6-4-5-7-9-19/h10-13,16,19-20H,4-9,14-15,17H2,1-3H3,(H,28,29)/b13-11+/t20-/m1/s1. The third kappa shape index (κ3) is 6.79. The Morgan fingerprint density at radius 1 is 1.16 bits per heavy atom. The third-order valence-electron chi connectivity index (χ3n) is 5.93. The number of carboxylic acids is 1. The number of rotatable bonds is 5. The molecule has 1 saturated carbocycles. The second-order valence-corrected chi connectivity index (χ2v) is 9.55. The molecule has 7 nitrogen and oxygen atoms in total. The summed E-state index contributed by atoms with van der Waals surface area (Å²) in [5.41, 5.74) is 0.0702. The van der Waals surface area contributed by atoms with Crippen LogP contribution in [0.25, 0.3) is 6.08 Å². The molecule has 2 aliphatic rings. The number of nitrogens with zero attached hydrogens (tertiary/aromatic N) is 3. The van der Waals surface area contributed by atoms with E-state index >= 15 is 0 Å². The van der Waals surface area contributed by atoms with Gasteiger partial charge in [0.1, 0.15) is 11.4 Å². The van der Waals surface area contributed by atoms with Gasteiger partial charge in [0.2, 0.25) is 0 Å². The molecule has 0 unspecified atom stereocenters. The Kier molecular flexibility index (Phi) is 7.70. The Morgan fingerprint density at radius 3 is 2.45 bits per heavy atom. The van der Waals surface area contributed by atoms with Crippen molar-refractivity contribution in [1.82, 2.24) is 9.88 Å². The van der Waals surface area contributed by atoms with Crippen LogP contribution in [0.3, 0.4) is 0 Å². The van der Waals surface area contributed by atoms with Crippen molar-refractivity contribution in [1.29, 1.82) is 0 Å². The quantitative estimate of drug-likeness (QED) is 0.539. The van der Waals surface area contributed by atoms with Crippen molar-refractivity contribution in [3.63, 3.8) is 0 Å². The fourth-order valence-electron chi connectivity index (χ4n) is 4.48. The molecule has 1 aromatic heterocycles. The summed E-state index contributed by atoms with van der Waals surface area (Å²) in [6, 6.07) is 4.15. The second kappa shape index (κ2) is 10.3. The first-order valence-electron chi connectivity index (χ1n) is 11.4. The molecule has 0 bridgehead atoms. The number of ether oxygens (including phenoxy) is 1. The fraction of sp³-hybridized carbons (Fsp3) is 0.625. The smallest absolute Gasteiger partial charge is 0.416 e. The number of hydrogen-bond donors (Lipinski definition) is 1. The van der Waals surface area contributed by atoms with Gasteiger partial charge in [0.25, 0.3) is 0 Å². The molecule has 2 fully saturated rings. The number of carboxylic acid groups (broad SMARTS) is 1. The minimum atomic E-state index is -1.01. The van der Waals surface area contributed by atoms with Gasteiger partial charge in [0.15, 0.2) is 0 Å². The molecule has 0 spiro atoms. The summed E-state index contributed by atoms with van der Waals surface area (Å²) < 4.78 is 5.71. The first-order chi connectivity index (χ1) is 14.7. The number of likely N-dealkylation sites (tertiary alicyclic amines) is 1. The molecule has 0 aromatic carbocycles. The number of amides is 1. The molecule has 1 N–H and O–H groups in total. The molecule has 3 rings (SSSR count). The fourth-order valence-corrected chi connectivity index (χ4v) is 4.48. The van der Waals surface area contributed by atoms with Crippen LogP contribution in [0.15, 0.2) is 24.4 Å². The Balaban J connectivity index is 1.78. The average Bonchev–Trinajstić information content (AvgIpc) is 3.00. The largest absolute Gasteiger partial charge is 0.478 e. The molecule has 1 amide bonds. The first-order valence-corrected chi connectivity index (χ1v) is 11.4. The highest BCUT2D eigenvalue weighted by Crippen LogP contribution is 2.29. The first kappa shape index (κ1) is 23.3. The topological polar surface area (TPSA) is 83.0 Å². The van der Waals surface area contributed by atoms with E-state index in [-0.39, 0.29) is 12.1 Å². The van der Waals surface area contributed by atoms with Crippen LogP contribution in [0, 0.1) is 0 Å². The Morgan fingerprint density at radius 2 is 1.87 bits per heavy atom. The maximum atomic E-state index is 13.1. The van der Waals surface area contributed by atoms with Crippen molar-refractivity contribution < 1.29 is 19.4 Å². The van der Waals surface area contributed by atoms with E-state index in [0.29, 0.717) is 17.4 Å². The van der Waals surface area contributed by atoms with E-state index in [1.54, 1.807) is 23.2 Å². The molecule has 31 heavy (non-hydrogen) atoms. The van der Waals surface area contributed by atoms with Gasteiger partial charge in [-0.15, -0.1) is 0 Å². The number of carbonyl (C=O) groups is 2. The third-order valence-corrected chi connectivity index (χ3v) is 5.93. The van der Waals surface area contributed by atoms with E-state index in [1.165, 1.54) is 44.6 Å². The monoisotopic (exact) mass is 429 g/mol. The van der Waals surface area contributed by atoms with Gasteiger partial charge in [0, 0.05) is 31.4 Å². The van der Waals surface area contributed by atoms with E-state index < -0.39 is 11.6 Å². The molecular weight excluding hydrogens is 394 g/mol. The van der Waals surface area contributed by atoms with Gasteiger partial charge in [-0.3, -0.25) is 9.80 Å². The van der Waals surface area contributed by atoms with E-state index in [4.69, 9.17) is 9.84 Å². The van der Waals surface area contributed by atoms with Crippen molar-refractivity contribution in [2.45, 2.75) is 83.4 Å². The lowest BCUT2D eigenvalue weighted by atomic mass is 10.1. The highest BCUT2D eigenvalue weighted by Gasteiger charge is 2.37. The van der Waals surface area contributed by atoms with Gasteiger partial charge < -0.3 is 9.84 Å². The van der Waals surface area contributed by atoms with Crippen LogP contribution >= 0.6 is 0 Å². The number of hydrogen-bond acceptors (Lipinski definition) is 5. The zero-order chi connectivity index (χ0) is 22.4. The molecule has 0 radical (unpaired) electrons. The Labute approximate surface area is 185 Å². The zero-order valence-electron chi connectivity index (χ0n) is 18.9. The molecule has 170 valence electrons. The zero-order valence-corrected chi connectivity index (χ0v) is 18.9. The van der Waals surface area contributed by atoms with Crippen LogP contribution in [0.5, 0.6) is 0 Å². The number of pyridine rings is 1. The highest BCUT2D eigenvalue weighted by molar-refractivity contribution is 5.88. The maximum Gasteiger partial charge on any atom is 0.416 e. The van der Waals surface area contributed by atoms with Crippen molar-refractivity contribution >= 4 is 24.0 Å². The Hall–Kier alpha value is -2.41. The summed E-state index contributed by atoms with van der Waals surface area (Å²) in [6.07, 6.45) is 12.3. The van der Waals surface area contributed by atoms with Gasteiger partial charge in [-0.1, -0.05) is 25.7 Å². The lowest BCUT2D eigenvalue weighted by Gasteiger charge is -2.32. The molecular formula is C24H35N3O4. The summed E-state index contributed by atoms with van der Waals surface area (Å²) in [6.45, 7) is 7.40. The van der Waals surface area contributed by atoms with E-state index in [2.05, 4.69) is 9.88 Å². The van der Waals surface area contributed by atoms with E-state index in [0.717, 1.165) is 25.6 Å². The van der Waals surface area contributed by atoms with Crippen molar-refractivity contribution in [3.8, 4) is 0 Å². The minimum Gasteiger partial charge on any atom is -0.478 e. The molecule has 7 heteroatoms. The van der Waals surface area contributed by atoms with Gasteiger partial charge >= 0.3 is 12.1 Å².